The molecule has 2 N–H and O–H groups in total. The molecule has 5 nitrogen and oxygen atoms in total. The minimum absolute atomic E-state index is 0.0535. The van der Waals surface area contributed by atoms with E-state index in [1.807, 2.05) is 0 Å². The molecule has 114 valence electrons. The lowest BCUT2D eigenvalue weighted by molar-refractivity contribution is -0.131. The van der Waals surface area contributed by atoms with Crippen molar-refractivity contribution < 1.29 is 32.3 Å². The van der Waals surface area contributed by atoms with E-state index in [2.05, 4.69) is 4.98 Å². The van der Waals surface area contributed by atoms with Gasteiger partial charge in [0.2, 0.25) is 0 Å². The Morgan fingerprint density at radius 2 is 2.10 bits per heavy atom. The van der Waals surface area contributed by atoms with Crippen LogP contribution in [0.4, 0.5) is 17.6 Å². The van der Waals surface area contributed by atoms with E-state index in [-0.39, 0.29) is 11.1 Å². The minimum atomic E-state index is -4.35. The van der Waals surface area contributed by atoms with Gasteiger partial charge >= 0.3 is 18.3 Å². The molecule has 0 saturated heterocycles. The molecule has 1 aromatic rings. The number of aromatic nitrogens is 1. The van der Waals surface area contributed by atoms with Gasteiger partial charge in [0.05, 0.1) is 6.54 Å². The molecule has 0 aliphatic heterocycles. The maximum atomic E-state index is 12.7. The molecule has 9 heteroatoms. The fourth-order valence-corrected chi connectivity index (χ4v) is 1.28. The van der Waals surface area contributed by atoms with Crippen molar-refractivity contribution in [2.75, 3.05) is 6.54 Å². The van der Waals surface area contributed by atoms with Gasteiger partial charge in [-0.05, 0) is 12.1 Å². The van der Waals surface area contributed by atoms with E-state index >= 15 is 0 Å². The van der Waals surface area contributed by atoms with E-state index in [9.17, 15) is 27.2 Å². The van der Waals surface area contributed by atoms with Crippen molar-refractivity contribution >= 4 is 18.0 Å². The third-order valence-electron chi connectivity index (χ3n) is 2.31. The van der Waals surface area contributed by atoms with Crippen LogP contribution in [-0.4, -0.2) is 40.9 Å². The number of rotatable bonds is 6. The van der Waals surface area contributed by atoms with Crippen LogP contribution in [0.15, 0.2) is 24.5 Å². The fraction of sp³-hybridized carbons (Fsp3) is 0.250. The molecule has 0 fully saturated rings. The van der Waals surface area contributed by atoms with Crippen LogP contribution >= 0.6 is 0 Å². The Morgan fingerprint density at radius 3 is 2.67 bits per heavy atom. The number of aliphatic carboxylic acids is 1. The fourth-order valence-electron chi connectivity index (χ4n) is 1.28. The first-order chi connectivity index (χ1) is 9.74. The van der Waals surface area contributed by atoms with E-state index in [1.54, 1.807) is 5.32 Å². The van der Waals surface area contributed by atoms with Crippen molar-refractivity contribution in [2.45, 2.75) is 12.3 Å². The molecule has 1 rings (SSSR count). The zero-order valence-electron chi connectivity index (χ0n) is 10.4. The second kappa shape index (κ2) is 6.82. The average molecular weight is 306 g/mol. The molecule has 1 heterocycles. The zero-order chi connectivity index (χ0) is 16.0. The third kappa shape index (κ3) is 4.86. The monoisotopic (exact) mass is 306 g/mol. The predicted octanol–water partition coefficient (Wildman–Crippen LogP) is 1.81. The van der Waals surface area contributed by atoms with E-state index < -0.39 is 30.8 Å². The van der Waals surface area contributed by atoms with Crippen molar-refractivity contribution in [1.29, 1.82) is 0 Å². The summed E-state index contributed by atoms with van der Waals surface area (Å²) in [6, 6.07) is 1.15. The lowest BCUT2D eigenvalue weighted by Crippen LogP contribution is -2.41. The number of carboxylic acids is 1. The van der Waals surface area contributed by atoms with Crippen LogP contribution in [0, 0.1) is 0 Å². The molecule has 0 unspecified atom stereocenters. The Labute approximate surface area is 116 Å². The summed E-state index contributed by atoms with van der Waals surface area (Å²) in [6.07, 6.45) is 0.177. The molecule has 0 radical (unpaired) electrons. The van der Waals surface area contributed by atoms with Gasteiger partial charge in [0.15, 0.2) is 0 Å². The summed E-state index contributed by atoms with van der Waals surface area (Å²) in [6.45, 7) is -1.53. The van der Waals surface area contributed by atoms with Crippen LogP contribution in [0.2, 0.25) is 0 Å². The number of nitrogens with zero attached hydrogens (tertiary/aromatic N) is 1. The normalized spacial score (nSPS) is 11.9. The maximum Gasteiger partial charge on any atom is 0.328 e. The highest BCUT2D eigenvalue weighted by Gasteiger charge is 2.40. The third-order valence-corrected chi connectivity index (χ3v) is 2.31. The standard InChI is InChI=1S/C12H10F4N2O3/c13-11(14)12(15,16)6-18-10(21)8-3-4-17-5-7(8)1-2-9(19)20/h1-5,11H,6H2,(H,18,21)(H,19,20)/b2-1+. The van der Waals surface area contributed by atoms with Crippen molar-refractivity contribution in [1.82, 2.24) is 10.3 Å². The Balaban J connectivity index is 2.86. The molecule has 21 heavy (non-hydrogen) atoms. The van der Waals surface area contributed by atoms with Crippen molar-refractivity contribution in [3.63, 3.8) is 0 Å². The molecule has 1 amide bonds. The lowest BCUT2D eigenvalue weighted by atomic mass is 10.1. The van der Waals surface area contributed by atoms with Gasteiger partial charge in [-0.1, -0.05) is 0 Å². The second-order valence-corrected chi connectivity index (χ2v) is 3.88. The van der Waals surface area contributed by atoms with Gasteiger partial charge in [-0.2, -0.15) is 8.78 Å². The molecular weight excluding hydrogens is 296 g/mol. The second-order valence-electron chi connectivity index (χ2n) is 3.88. The number of carboxylic acid groups (broad SMARTS) is 1. The molecular formula is C12H10F4N2O3. The molecule has 0 saturated carbocycles. The largest absolute Gasteiger partial charge is 0.478 e. The molecule has 0 aliphatic carbocycles. The van der Waals surface area contributed by atoms with E-state index in [0.717, 1.165) is 24.4 Å². The maximum absolute atomic E-state index is 12.7. The summed E-state index contributed by atoms with van der Waals surface area (Å²) in [5.74, 6) is -6.67. The number of nitrogens with one attached hydrogen (secondary N) is 1. The highest BCUT2D eigenvalue weighted by molar-refractivity contribution is 5.98. The van der Waals surface area contributed by atoms with Gasteiger partial charge in [-0.3, -0.25) is 9.78 Å². The van der Waals surface area contributed by atoms with Crippen molar-refractivity contribution in [2.24, 2.45) is 0 Å². The van der Waals surface area contributed by atoms with E-state index in [1.165, 1.54) is 6.20 Å². The predicted molar refractivity (Wildman–Crippen MR) is 64.2 cm³/mol. The summed E-state index contributed by atoms with van der Waals surface area (Å²) < 4.78 is 49.3. The summed E-state index contributed by atoms with van der Waals surface area (Å²) in [7, 11) is 0. The van der Waals surface area contributed by atoms with Crippen LogP contribution in [-0.2, 0) is 4.79 Å². The SMILES string of the molecule is O=C(O)/C=C/c1cnccc1C(=O)NCC(F)(F)C(F)F. The number of carbonyl (C=O) groups excluding carboxylic acids is 1. The van der Waals surface area contributed by atoms with Crippen molar-refractivity contribution in [3.05, 3.63) is 35.7 Å². The summed E-state index contributed by atoms with van der Waals surface area (Å²) in [5, 5.41) is 10.2. The first-order valence-corrected chi connectivity index (χ1v) is 5.53. The van der Waals surface area contributed by atoms with Gasteiger partial charge in [0.25, 0.3) is 5.91 Å². The number of pyridine rings is 1. The van der Waals surface area contributed by atoms with Gasteiger partial charge in [-0.15, -0.1) is 0 Å². The van der Waals surface area contributed by atoms with Crippen LogP contribution in [0.1, 0.15) is 15.9 Å². The number of halogens is 4. The molecule has 0 spiro atoms. The summed E-state index contributed by atoms with van der Waals surface area (Å²) in [4.78, 5) is 25.7. The number of alkyl halides is 4. The van der Waals surface area contributed by atoms with Crippen LogP contribution < -0.4 is 5.32 Å². The topological polar surface area (TPSA) is 79.3 Å². The molecule has 0 aliphatic rings. The van der Waals surface area contributed by atoms with Crippen LogP contribution in [0.5, 0.6) is 0 Å². The first-order valence-electron chi connectivity index (χ1n) is 5.53. The first kappa shape index (κ1) is 16.6. The quantitative estimate of drug-likeness (QED) is 0.620. The van der Waals surface area contributed by atoms with Crippen LogP contribution in [0.25, 0.3) is 6.08 Å². The summed E-state index contributed by atoms with van der Waals surface area (Å²) in [5.41, 5.74) is -0.106. The Kier molecular flexibility index (Phi) is 5.39. The summed E-state index contributed by atoms with van der Waals surface area (Å²) >= 11 is 0. The molecule has 0 atom stereocenters. The lowest BCUT2D eigenvalue weighted by Gasteiger charge is -2.16. The Hall–Kier alpha value is -2.45. The average Bonchev–Trinajstić information content (AvgIpc) is 2.42. The smallest absolute Gasteiger partial charge is 0.328 e. The molecule has 0 bridgehead atoms. The number of carbonyl (C=O) groups is 2. The number of amides is 1. The molecule has 0 aromatic carbocycles. The minimum Gasteiger partial charge on any atom is -0.478 e. The van der Waals surface area contributed by atoms with E-state index in [0.29, 0.717) is 0 Å². The number of hydrogen-bond acceptors (Lipinski definition) is 3. The van der Waals surface area contributed by atoms with Gasteiger partial charge in [-0.25, -0.2) is 13.6 Å². The zero-order valence-corrected chi connectivity index (χ0v) is 10.4. The van der Waals surface area contributed by atoms with Gasteiger partial charge in [0, 0.05) is 29.6 Å². The van der Waals surface area contributed by atoms with Gasteiger partial charge < -0.3 is 10.4 Å². The molecule has 1 aromatic heterocycles. The Morgan fingerprint density at radius 1 is 1.43 bits per heavy atom. The highest BCUT2D eigenvalue weighted by atomic mass is 19.3. The van der Waals surface area contributed by atoms with Crippen LogP contribution in [0.3, 0.4) is 0 Å². The van der Waals surface area contributed by atoms with Gasteiger partial charge in [0.1, 0.15) is 0 Å². The number of hydrogen-bond donors (Lipinski definition) is 2. The highest BCUT2D eigenvalue weighted by Crippen LogP contribution is 2.21. The van der Waals surface area contributed by atoms with Crippen molar-refractivity contribution in [3.8, 4) is 0 Å². The Bertz CT molecular complexity index is 561. The van der Waals surface area contributed by atoms with E-state index in [4.69, 9.17) is 5.11 Å².